The maximum atomic E-state index is 4.51. The lowest BCUT2D eigenvalue weighted by Gasteiger charge is -2.32. The maximum Gasteiger partial charge on any atom is 0.191 e. The molecule has 2 heterocycles. The highest BCUT2D eigenvalue weighted by Gasteiger charge is 2.13. The highest BCUT2D eigenvalue weighted by molar-refractivity contribution is 5.79. The summed E-state index contributed by atoms with van der Waals surface area (Å²) >= 11 is 0. The van der Waals surface area contributed by atoms with E-state index >= 15 is 0 Å². The van der Waals surface area contributed by atoms with Gasteiger partial charge in [0.05, 0.1) is 5.69 Å². The Morgan fingerprint density at radius 3 is 2.37 bits per heavy atom. The molecular formula is C23H37N7. The van der Waals surface area contributed by atoms with Gasteiger partial charge in [-0.25, -0.2) is 0 Å². The lowest BCUT2D eigenvalue weighted by Crippen LogP contribution is -2.43. The summed E-state index contributed by atoms with van der Waals surface area (Å²) in [6, 6.07) is 11.0. The van der Waals surface area contributed by atoms with Gasteiger partial charge >= 0.3 is 0 Å². The summed E-state index contributed by atoms with van der Waals surface area (Å²) in [5.41, 5.74) is 4.94. The molecule has 0 amide bonds. The average Bonchev–Trinajstić information content (AvgIpc) is 3.07. The zero-order valence-corrected chi connectivity index (χ0v) is 19.0. The molecule has 0 atom stereocenters. The Morgan fingerprint density at radius 1 is 1.03 bits per heavy atom. The molecule has 1 aromatic carbocycles. The molecule has 0 spiro atoms. The van der Waals surface area contributed by atoms with Gasteiger partial charge in [0, 0.05) is 65.1 Å². The maximum absolute atomic E-state index is 4.51. The third kappa shape index (κ3) is 6.85. The Labute approximate surface area is 181 Å². The molecular weight excluding hydrogens is 374 g/mol. The van der Waals surface area contributed by atoms with E-state index in [1.807, 2.05) is 14.0 Å². The van der Waals surface area contributed by atoms with E-state index in [2.05, 4.69) is 79.5 Å². The first-order valence-electron chi connectivity index (χ1n) is 11.0. The van der Waals surface area contributed by atoms with E-state index in [9.17, 15) is 0 Å². The Kier molecular flexibility index (Phi) is 8.28. The molecule has 1 aliphatic heterocycles. The Morgan fingerprint density at radius 2 is 1.73 bits per heavy atom. The zero-order chi connectivity index (χ0) is 21.3. The van der Waals surface area contributed by atoms with Crippen LogP contribution in [0, 0.1) is 13.8 Å². The minimum atomic E-state index is 0.770. The van der Waals surface area contributed by atoms with Crippen molar-refractivity contribution in [3.05, 3.63) is 52.8 Å². The number of rotatable bonds is 8. The van der Waals surface area contributed by atoms with Gasteiger partial charge in [0.1, 0.15) is 0 Å². The van der Waals surface area contributed by atoms with Crippen LogP contribution in [0.2, 0.25) is 0 Å². The molecule has 3 rings (SSSR count). The number of piperazine rings is 1. The molecule has 1 saturated heterocycles. The Hall–Kier alpha value is -2.38. The Balaban J connectivity index is 1.36. The van der Waals surface area contributed by atoms with E-state index in [0.717, 1.165) is 70.4 Å². The van der Waals surface area contributed by atoms with Gasteiger partial charge < -0.3 is 15.5 Å². The highest BCUT2D eigenvalue weighted by atomic mass is 15.3. The molecule has 1 fully saturated rings. The fourth-order valence-corrected chi connectivity index (χ4v) is 3.77. The number of hydrogen-bond donors (Lipinski definition) is 2. The summed E-state index contributed by atoms with van der Waals surface area (Å²) < 4.78 is 2.07. The van der Waals surface area contributed by atoms with Crippen molar-refractivity contribution in [1.29, 1.82) is 0 Å². The van der Waals surface area contributed by atoms with Gasteiger partial charge in [0.15, 0.2) is 5.96 Å². The van der Waals surface area contributed by atoms with Crippen molar-refractivity contribution >= 4 is 5.96 Å². The van der Waals surface area contributed by atoms with Crippen LogP contribution >= 0.6 is 0 Å². The molecule has 0 unspecified atom stereocenters. The van der Waals surface area contributed by atoms with Gasteiger partial charge in [-0.05, 0) is 44.5 Å². The third-order valence-electron chi connectivity index (χ3n) is 5.65. The van der Waals surface area contributed by atoms with Crippen LogP contribution in [0.4, 0.5) is 0 Å². The minimum absolute atomic E-state index is 0.770. The quantitative estimate of drug-likeness (QED) is 0.395. The first-order chi connectivity index (χ1) is 14.5. The van der Waals surface area contributed by atoms with Gasteiger partial charge in [-0.3, -0.25) is 14.6 Å². The molecule has 2 aromatic rings. The third-order valence-corrected chi connectivity index (χ3v) is 5.65. The molecule has 7 nitrogen and oxygen atoms in total. The summed E-state index contributed by atoms with van der Waals surface area (Å²) in [6.45, 7) is 12.4. The molecule has 0 aliphatic carbocycles. The summed E-state index contributed by atoms with van der Waals surface area (Å²) in [6.07, 6.45) is 1.00. The van der Waals surface area contributed by atoms with E-state index in [0.29, 0.717) is 0 Å². The van der Waals surface area contributed by atoms with Crippen molar-refractivity contribution in [3.8, 4) is 0 Å². The van der Waals surface area contributed by atoms with Gasteiger partial charge in [-0.1, -0.05) is 24.3 Å². The lowest BCUT2D eigenvalue weighted by molar-refractivity contribution is 0.148. The number of likely N-dealkylation sites (N-methyl/N-ethyl adjacent to an activating group) is 1. The van der Waals surface area contributed by atoms with Crippen LogP contribution < -0.4 is 10.6 Å². The van der Waals surface area contributed by atoms with Crippen LogP contribution in [0.5, 0.6) is 0 Å². The number of benzene rings is 1. The largest absolute Gasteiger partial charge is 0.356 e. The summed E-state index contributed by atoms with van der Waals surface area (Å²) in [5, 5.41) is 11.3. The average molecular weight is 412 g/mol. The van der Waals surface area contributed by atoms with Gasteiger partial charge in [0.25, 0.3) is 0 Å². The van der Waals surface area contributed by atoms with Crippen LogP contribution in [0.1, 0.15) is 28.9 Å². The highest BCUT2D eigenvalue weighted by Crippen LogP contribution is 2.10. The number of nitrogens with one attached hydrogen (secondary N) is 2. The second-order valence-corrected chi connectivity index (χ2v) is 8.25. The Bertz CT molecular complexity index is 801. The van der Waals surface area contributed by atoms with Crippen LogP contribution in [0.3, 0.4) is 0 Å². The molecule has 0 radical (unpaired) electrons. The SMILES string of the molecule is CN=C(NCCCn1nc(C)cc1C)NCc1ccc(CN2CCN(C)CC2)cc1. The smallest absolute Gasteiger partial charge is 0.191 e. The first kappa shape index (κ1) is 22.3. The molecule has 2 N–H and O–H groups in total. The first-order valence-corrected chi connectivity index (χ1v) is 11.0. The fraction of sp³-hybridized carbons (Fsp3) is 0.565. The van der Waals surface area contributed by atoms with E-state index in [1.54, 1.807) is 0 Å². The minimum Gasteiger partial charge on any atom is -0.356 e. The molecule has 1 aromatic heterocycles. The van der Waals surface area contributed by atoms with Crippen molar-refractivity contribution in [2.45, 2.75) is 39.9 Å². The number of nitrogens with zero attached hydrogens (tertiary/aromatic N) is 5. The molecule has 0 saturated carbocycles. The fourth-order valence-electron chi connectivity index (χ4n) is 3.77. The van der Waals surface area contributed by atoms with Crippen molar-refractivity contribution < 1.29 is 0 Å². The summed E-state index contributed by atoms with van der Waals surface area (Å²) in [5.74, 6) is 0.838. The van der Waals surface area contributed by atoms with Crippen molar-refractivity contribution in [3.63, 3.8) is 0 Å². The molecule has 164 valence electrons. The lowest BCUT2D eigenvalue weighted by atomic mass is 10.1. The van der Waals surface area contributed by atoms with E-state index in [1.165, 1.54) is 16.8 Å². The normalized spacial score (nSPS) is 16.1. The van der Waals surface area contributed by atoms with E-state index < -0.39 is 0 Å². The number of hydrogen-bond acceptors (Lipinski definition) is 4. The molecule has 7 heteroatoms. The van der Waals surface area contributed by atoms with Gasteiger partial charge in [-0.2, -0.15) is 5.10 Å². The number of aromatic nitrogens is 2. The van der Waals surface area contributed by atoms with Crippen LogP contribution in [0.25, 0.3) is 0 Å². The number of guanidine groups is 1. The molecule has 30 heavy (non-hydrogen) atoms. The molecule has 0 bridgehead atoms. The summed E-state index contributed by atoms with van der Waals surface area (Å²) in [7, 11) is 4.01. The predicted molar refractivity (Wildman–Crippen MR) is 124 cm³/mol. The van der Waals surface area contributed by atoms with Gasteiger partial charge in [0.2, 0.25) is 0 Å². The molecule has 1 aliphatic rings. The van der Waals surface area contributed by atoms with Crippen LogP contribution in [-0.4, -0.2) is 72.4 Å². The zero-order valence-electron chi connectivity index (χ0n) is 19.0. The second-order valence-electron chi connectivity index (χ2n) is 8.25. The number of aliphatic imine (C=N–C) groups is 1. The standard InChI is InChI=1S/C23H37N7/c1-19-16-20(2)30(27-19)11-5-10-25-23(24-3)26-17-21-6-8-22(9-7-21)18-29-14-12-28(4)13-15-29/h6-9,16H,5,10-15,17-18H2,1-4H3,(H2,24,25,26). The second kappa shape index (κ2) is 11.1. The predicted octanol–water partition coefficient (Wildman–Crippen LogP) is 2.00. The van der Waals surface area contributed by atoms with Gasteiger partial charge in [-0.15, -0.1) is 0 Å². The number of aryl methyl sites for hydroxylation is 3. The topological polar surface area (TPSA) is 60.7 Å². The van der Waals surface area contributed by atoms with Crippen molar-refractivity contribution in [2.75, 3.05) is 46.8 Å². The van der Waals surface area contributed by atoms with Crippen LogP contribution in [-0.2, 0) is 19.6 Å². The van der Waals surface area contributed by atoms with Crippen molar-refractivity contribution in [2.24, 2.45) is 4.99 Å². The monoisotopic (exact) mass is 411 g/mol. The summed E-state index contributed by atoms with van der Waals surface area (Å²) in [4.78, 5) is 9.26. The van der Waals surface area contributed by atoms with E-state index in [4.69, 9.17) is 0 Å². The van der Waals surface area contributed by atoms with E-state index in [-0.39, 0.29) is 0 Å². The van der Waals surface area contributed by atoms with Crippen molar-refractivity contribution in [1.82, 2.24) is 30.2 Å². The van der Waals surface area contributed by atoms with Crippen LogP contribution in [0.15, 0.2) is 35.3 Å².